The van der Waals surface area contributed by atoms with E-state index in [1.165, 1.54) is 6.07 Å². The lowest BCUT2D eigenvalue weighted by Crippen LogP contribution is -2.27. The number of carbonyl (C=O) groups excluding carboxylic acids is 1. The zero-order valence-electron chi connectivity index (χ0n) is 10.8. The molecular formula is C12H19N3O3. The molecule has 0 aliphatic carbocycles. The molecule has 0 fully saturated rings. The van der Waals surface area contributed by atoms with Crippen LogP contribution >= 0.6 is 0 Å². The van der Waals surface area contributed by atoms with Crippen molar-refractivity contribution in [2.75, 3.05) is 5.32 Å². The van der Waals surface area contributed by atoms with E-state index >= 15 is 0 Å². The normalized spacial score (nSPS) is 11.1. The van der Waals surface area contributed by atoms with E-state index in [4.69, 9.17) is 10.6 Å². The van der Waals surface area contributed by atoms with Gasteiger partial charge in [0, 0.05) is 23.9 Å². The fraction of sp³-hybridized carbons (Fsp3) is 0.417. The maximum atomic E-state index is 11.5. The third-order valence-electron chi connectivity index (χ3n) is 2.02. The molecule has 0 aliphatic heterocycles. The smallest absolute Gasteiger partial charge is 0.412 e. The Morgan fingerprint density at radius 3 is 2.61 bits per heavy atom. The van der Waals surface area contributed by atoms with Crippen LogP contribution in [0.5, 0.6) is 5.75 Å². The number of phenolic OH excluding ortho intramolecular Hbond substituents is 1. The van der Waals surface area contributed by atoms with Gasteiger partial charge in [-0.05, 0) is 26.8 Å². The molecule has 18 heavy (non-hydrogen) atoms. The van der Waals surface area contributed by atoms with Crippen LogP contribution in [-0.2, 0) is 11.3 Å². The largest absolute Gasteiger partial charge is 0.508 e. The minimum absolute atomic E-state index is 0.0570. The Bertz CT molecular complexity index is 427. The molecule has 0 saturated heterocycles. The van der Waals surface area contributed by atoms with E-state index in [2.05, 4.69) is 10.7 Å². The fourth-order valence-corrected chi connectivity index (χ4v) is 1.32. The second-order valence-corrected chi connectivity index (χ2v) is 4.85. The minimum atomic E-state index is -0.563. The first-order valence-electron chi connectivity index (χ1n) is 5.57. The van der Waals surface area contributed by atoms with Gasteiger partial charge in [-0.15, -0.1) is 0 Å². The van der Waals surface area contributed by atoms with E-state index in [1.807, 2.05) is 0 Å². The van der Waals surface area contributed by atoms with Crippen LogP contribution in [0.2, 0.25) is 0 Å². The van der Waals surface area contributed by atoms with Gasteiger partial charge in [0.2, 0.25) is 0 Å². The van der Waals surface area contributed by atoms with Crippen molar-refractivity contribution in [2.45, 2.75) is 32.9 Å². The van der Waals surface area contributed by atoms with Gasteiger partial charge >= 0.3 is 6.09 Å². The van der Waals surface area contributed by atoms with Gasteiger partial charge in [-0.1, -0.05) is 6.07 Å². The highest BCUT2D eigenvalue weighted by atomic mass is 16.6. The number of amides is 1. The molecule has 6 heteroatoms. The molecule has 5 N–H and O–H groups in total. The molecular weight excluding hydrogens is 234 g/mol. The van der Waals surface area contributed by atoms with Gasteiger partial charge in [0.05, 0.1) is 0 Å². The summed E-state index contributed by atoms with van der Waals surface area (Å²) in [6, 6.07) is 4.77. The van der Waals surface area contributed by atoms with Crippen LogP contribution in [0.3, 0.4) is 0 Å². The Balaban J connectivity index is 2.69. The van der Waals surface area contributed by atoms with Crippen molar-refractivity contribution in [2.24, 2.45) is 5.84 Å². The van der Waals surface area contributed by atoms with Crippen molar-refractivity contribution >= 4 is 11.8 Å². The summed E-state index contributed by atoms with van der Waals surface area (Å²) in [7, 11) is 0. The number of aromatic hydroxyl groups is 1. The van der Waals surface area contributed by atoms with E-state index in [9.17, 15) is 9.90 Å². The Kier molecular flexibility index (Phi) is 4.52. The number of ether oxygens (including phenoxy) is 1. The second-order valence-electron chi connectivity index (χ2n) is 4.85. The van der Waals surface area contributed by atoms with Gasteiger partial charge in [0.1, 0.15) is 11.4 Å². The SMILES string of the molecule is CC(C)(C)OC(=O)Nc1ccc(CNN)c(O)c1. The average molecular weight is 253 g/mol. The number of benzene rings is 1. The van der Waals surface area contributed by atoms with E-state index in [-0.39, 0.29) is 5.75 Å². The summed E-state index contributed by atoms with van der Waals surface area (Å²) in [4.78, 5) is 11.5. The topological polar surface area (TPSA) is 96.6 Å². The van der Waals surface area contributed by atoms with Crippen molar-refractivity contribution in [3.63, 3.8) is 0 Å². The summed E-state index contributed by atoms with van der Waals surface area (Å²) in [5, 5.41) is 12.2. The Morgan fingerprint density at radius 1 is 1.44 bits per heavy atom. The Morgan fingerprint density at radius 2 is 2.11 bits per heavy atom. The van der Waals surface area contributed by atoms with Crippen molar-refractivity contribution < 1.29 is 14.6 Å². The number of anilines is 1. The van der Waals surface area contributed by atoms with Gasteiger partial charge in [-0.3, -0.25) is 16.6 Å². The van der Waals surface area contributed by atoms with E-state index < -0.39 is 11.7 Å². The number of rotatable bonds is 3. The van der Waals surface area contributed by atoms with Crippen LogP contribution in [0.4, 0.5) is 10.5 Å². The van der Waals surface area contributed by atoms with Crippen molar-refractivity contribution in [1.82, 2.24) is 5.43 Å². The monoisotopic (exact) mass is 253 g/mol. The number of hydrogen-bond acceptors (Lipinski definition) is 5. The number of carbonyl (C=O) groups is 1. The zero-order chi connectivity index (χ0) is 13.8. The van der Waals surface area contributed by atoms with Crippen LogP contribution in [0.25, 0.3) is 0 Å². The molecule has 0 saturated carbocycles. The third-order valence-corrected chi connectivity index (χ3v) is 2.02. The maximum absolute atomic E-state index is 11.5. The molecule has 0 heterocycles. The maximum Gasteiger partial charge on any atom is 0.412 e. The minimum Gasteiger partial charge on any atom is -0.508 e. The van der Waals surface area contributed by atoms with Gasteiger partial charge in [0.25, 0.3) is 0 Å². The third kappa shape index (κ3) is 4.60. The summed E-state index contributed by atoms with van der Waals surface area (Å²) < 4.78 is 5.10. The van der Waals surface area contributed by atoms with Gasteiger partial charge in [-0.25, -0.2) is 4.79 Å². The van der Waals surface area contributed by atoms with Crippen LogP contribution in [0.1, 0.15) is 26.3 Å². The Hall–Kier alpha value is -1.79. The first-order valence-corrected chi connectivity index (χ1v) is 5.57. The van der Waals surface area contributed by atoms with Crippen molar-refractivity contribution in [1.29, 1.82) is 0 Å². The quantitative estimate of drug-likeness (QED) is 0.485. The lowest BCUT2D eigenvalue weighted by atomic mass is 10.2. The molecule has 1 aromatic carbocycles. The van der Waals surface area contributed by atoms with Crippen LogP contribution in [0.15, 0.2) is 18.2 Å². The Labute approximate surface area is 106 Å². The molecule has 0 spiro atoms. The summed E-state index contributed by atoms with van der Waals surface area (Å²) in [6.45, 7) is 5.68. The summed E-state index contributed by atoms with van der Waals surface area (Å²) in [5.74, 6) is 5.22. The molecule has 0 radical (unpaired) electrons. The van der Waals surface area contributed by atoms with Gasteiger partial charge in [-0.2, -0.15) is 0 Å². The molecule has 1 rings (SSSR count). The van der Waals surface area contributed by atoms with Gasteiger partial charge < -0.3 is 9.84 Å². The van der Waals surface area contributed by atoms with Crippen LogP contribution < -0.4 is 16.6 Å². The number of phenols is 1. The number of hydrogen-bond donors (Lipinski definition) is 4. The molecule has 6 nitrogen and oxygen atoms in total. The van der Waals surface area contributed by atoms with E-state index in [0.717, 1.165) is 0 Å². The fourth-order valence-electron chi connectivity index (χ4n) is 1.32. The lowest BCUT2D eigenvalue weighted by Gasteiger charge is -2.19. The summed E-state index contributed by atoms with van der Waals surface area (Å²) >= 11 is 0. The molecule has 0 aromatic heterocycles. The summed E-state index contributed by atoms with van der Waals surface area (Å²) in [6.07, 6.45) is -0.563. The number of nitrogens with one attached hydrogen (secondary N) is 2. The first-order chi connectivity index (χ1) is 8.31. The van der Waals surface area contributed by atoms with Gasteiger partial charge in [0.15, 0.2) is 0 Å². The average Bonchev–Trinajstić information content (AvgIpc) is 2.19. The highest BCUT2D eigenvalue weighted by Crippen LogP contribution is 2.22. The molecule has 100 valence electrons. The highest BCUT2D eigenvalue weighted by Gasteiger charge is 2.16. The molecule has 0 unspecified atom stereocenters. The number of hydrazine groups is 1. The standard InChI is InChI=1S/C12H19N3O3/c1-12(2,3)18-11(17)15-9-5-4-8(7-14-13)10(16)6-9/h4-6,14,16H,7,13H2,1-3H3,(H,15,17). The number of nitrogens with two attached hydrogens (primary N) is 1. The van der Waals surface area contributed by atoms with E-state index in [1.54, 1.807) is 32.9 Å². The van der Waals surface area contributed by atoms with Crippen LogP contribution in [-0.4, -0.2) is 16.8 Å². The van der Waals surface area contributed by atoms with Crippen LogP contribution in [0, 0.1) is 0 Å². The highest BCUT2D eigenvalue weighted by molar-refractivity contribution is 5.85. The summed E-state index contributed by atoms with van der Waals surface area (Å²) in [5.41, 5.74) is 2.99. The van der Waals surface area contributed by atoms with Crippen molar-refractivity contribution in [3.05, 3.63) is 23.8 Å². The molecule has 0 bridgehead atoms. The predicted molar refractivity (Wildman–Crippen MR) is 69.0 cm³/mol. The van der Waals surface area contributed by atoms with Crippen molar-refractivity contribution in [3.8, 4) is 5.75 Å². The predicted octanol–water partition coefficient (Wildman–Crippen LogP) is 1.70. The first kappa shape index (κ1) is 14.3. The molecule has 1 aromatic rings. The molecule has 0 atom stereocenters. The van der Waals surface area contributed by atoms with E-state index in [0.29, 0.717) is 17.8 Å². The zero-order valence-corrected chi connectivity index (χ0v) is 10.8. The molecule has 0 aliphatic rings. The molecule has 1 amide bonds. The lowest BCUT2D eigenvalue weighted by molar-refractivity contribution is 0.0636. The second kappa shape index (κ2) is 5.70.